The van der Waals surface area contributed by atoms with Crippen molar-refractivity contribution in [2.24, 2.45) is 0 Å². The molecule has 0 spiro atoms. The van der Waals surface area contributed by atoms with Crippen LogP contribution in [0.1, 0.15) is 11.1 Å². The summed E-state index contributed by atoms with van der Waals surface area (Å²) >= 11 is 0. The molecule has 0 aliphatic carbocycles. The fourth-order valence-electron chi connectivity index (χ4n) is 1.58. The summed E-state index contributed by atoms with van der Waals surface area (Å²) in [6.07, 6.45) is 1.40. The monoisotopic (exact) mass is 273 g/mol. The second kappa shape index (κ2) is 5.32. The molecule has 0 saturated heterocycles. The summed E-state index contributed by atoms with van der Waals surface area (Å²) in [5.41, 5.74) is 0.0557. The van der Waals surface area contributed by atoms with Gasteiger partial charge in [-0.2, -0.15) is 5.26 Å². The summed E-state index contributed by atoms with van der Waals surface area (Å²) in [7, 11) is 0. The SMILES string of the molecule is Cc1cc(Oc2ncccc2C#N)c(F)cc1[N+](=O)[O-]. The van der Waals surface area contributed by atoms with Gasteiger partial charge in [0.1, 0.15) is 11.6 Å². The molecule has 0 fully saturated rings. The molecule has 0 radical (unpaired) electrons. The normalized spacial score (nSPS) is 9.85. The smallest absolute Gasteiger partial charge is 0.275 e. The number of hydrogen-bond acceptors (Lipinski definition) is 5. The van der Waals surface area contributed by atoms with Gasteiger partial charge >= 0.3 is 0 Å². The molecule has 0 aliphatic rings. The van der Waals surface area contributed by atoms with Gasteiger partial charge in [-0.05, 0) is 25.1 Å². The van der Waals surface area contributed by atoms with Crippen molar-refractivity contribution in [2.75, 3.05) is 0 Å². The zero-order valence-corrected chi connectivity index (χ0v) is 10.3. The van der Waals surface area contributed by atoms with E-state index in [9.17, 15) is 14.5 Å². The first-order valence-corrected chi connectivity index (χ1v) is 5.50. The van der Waals surface area contributed by atoms with Crippen LogP contribution < -0.4 is 4.74 Å². The predicted octanol–water partition coefficient (Wildman–Crippen LogP) is 3.10. The molecule has 2 aromatic rings. The van der Waals surface area contributed by atoms with Crippen LogP contribution in [0, 0.1) is 34.2 Å². The van der Waals surface area contributed by atoms with Crippen LogP contribution in [0.25, 0.3) is 0 Å². The maximum Gasteiger partial charge on any atom is 0.275 e. The maximum atomic E-state index is 13.8. The Kier molecular flexibility index (Phi) is 3.57. The van der Waals surface area contributed by atoms with Crippen LogP contribution in [0.4, 0.5) is 10.1 Å². The number of nitro benzene ring substituents is 1. The summed E-state index contributed by atoms with van der Waals surface area (Å²) in [5, 5.41) is 19.6. The molecule has 0 amide bonds. The molecule has 100 valence electrons. The van der Waals surface area contributed by atoms with Gasteiger partial charge < -0.3 is 4.74 Å². The Labute approximate surface area is 113 Å². The van der Waals surface area contributed by atoms with Gasteiger partial charge in [-0.1, -0.05) is 0 Å². The third-order valence-electron chi connectivity index (χ3n) is 2.55. The number of aromatic nitrogens is 1. The number of pyridine rings is 1. The van der Waals surface area contributed by atoms with Gasteiger partial charge in [-0.3, -0.25) is 10.1 Å². The number of nitrogens with zero attached hydrogens (tertiary/aromatic N) is 3. The Bertz CT molecular complexity index is 725. The number of aryl methyl sites for hydroxylation is 1. The average Bonchev–Trinajstić information content (AvgIpc) is 2.42. The van der Waals surface area contributed by atoms with Gasteiger partial charge in [0, 0.05) is 11.8 Å². The largest absolute Gasteiger partial charge is 0.435 e. The van der Waals surface area contributed by atoms with Gasteiger partial charge in [0.05, 0.1) is 11.0 Å². The molecular weight excluding hydrogens is 265 g/mol. The van der Waals surface area contributed by atoms with Crippen LogP contribution in [0.2, 0.25) is 0 Å². The van der Waals surface area contributed by atoms with Crippen molar-refractivity contribution >= 4 is 5.69 Å². The number of hydrogen-bond donors (Lipinski definition) is 0. The number of ether oxygens (including phenoxy) is 1. The fraction of sp³-hybridized carbons (Fsp3) is 0.0769. The Morgan fingerprint density at radius 3 is 2.90 bits per heavy atom. The topological polar surface area (TPSA) is 89.0 Å². The second-order valence-electron chi connectivity index (χ2n) is 3.90. The van der Waals surface area contributed by atoms with Gasteiger partial charge in [0.15, 0.2) is 11.6 Å². The minimum atomic E-state index is -0.892. The number of halogens is 1. The van der Waals surface area contributed by atoms with Crippen LogP contribution >= 0.6 is 0 Å². The van der Waals surface area contributed by atoms with E-state index >= 15 is 0 Å². The Morgan fingerprint density at radius 2 is 2.25 bits per heavy atom. The van der Waals surface area contributed by atoms with Crippen molar-refractivity contribution in [3.63, 3.8) is 0 Å². The lowest BCUT2D eigenvalue weighted by molar-refractivity contribution is -0.385. The van der Waals surface area contributed by atoms with Crippen LogP contribution in [0.3, 0.4) is 0 Å². The number of nitriles is 1. The fourth-order valence-corrected chi connectivity index (χ4v) is 1.58. The number of rotatable bonds is 3. The molecule has 0 saturated carbocycles. The molecule has 7 heteroatoms. The van der Waals surface area contributed by atoms with Crippen molar-refractivity contribution in [3.8, 4) is 17.7 Å². The van der Waals surface area contributed by atoms with Crippen molar-refractivity contribution in [2.45, 2.75) is 6.92 Å². The minimum absolute atomic E-state index is 0.0536. The Morgan fingerprint density at radius 1 is 1.50 bits per heavy atom. The lowest BCUT2D eigenvalue weighted by atomic mass is 10.2. The quantitative estimate of drug-likeness (QED) is 0.633. The van der Waals surface area contributed by atoms with E-state index in [2.05, 4.69) is 4.98 Å². The van der Waals surface area contributed by atoms with Crippen LogP contribution in [-0.4, -0.2) is 9.91 Å². The molecule has 0 unspecified atom stereocenters. The van der Waals surface area contributed by atoms with E-state index in [-0.39, 0.29) is 28.4 Å². The van der Waals surface area contributed by atoms with Crippen LogP contribution in [0.5, 0.6) is 11.6 Å². The molecule has 6 nitrogen and oxygen atoms in total. The molecule has 0 bridgehead atoms. The summed E-state index contributed by atoms with van der Waals surface area (Å²) in [6, 6.07) is 6.85. The van der Waals surface area contributed by atoms with Gasteiger partial charge in [0.2, 0.25) is 5.88 Å². The molecule has 0 aliphatic heterocycles. The lowest BCUT2D eigenvalue weighted by Gasteiger charge is -2.08. The Balaban J connectivity index is 2.43. The number of benzene rings is 1. The maximum absolute atomic E-state index is 13.8. The van der Waals surface area contributed by atoms with Crippen LogP contribution in [0.15, 0.2) is 30.5 Å². The molecule has 1 aromatic heterocycles. The Hall–Kier alpha value is -3.01. The van der Waals surface area contributed by atoms with Crippen molar-refractivity contribution < 1.29 is 14.1 Å². The first-order valence-electron chi connectivity index (χ1n) is 5.50. The third-order valence-corrected chi connectivity index (χ3v) is 2.55. The highest BCUT2D eigenvalue weighted by molar-refractivity contribution is 5.47. The highest BCUT2D eigenvalue weighted by atomic mass is 19.1. The lowest BCUT2D eigenvalue weighted by Crippen LogP contribution is -1.97. The predicted molar refractivity (Wildman–Crippen MR) is 66.8 cm³/mol. The second-order valence-corrected chi connectivity index (χ2v) is 3.90. The van der Waals surface area contributed by atoms with Gasteiger partial charge in [-0.25, -0.2) is 9.37 Å². The van der Waals surface area contributed by atoms with E-state index in [0.29, 0.717) is 0 Å². The minimum Gasteiger partial charge on any atom is -0.435 e. The van der Waals surface area contributed by atoms with Gasteiger partial charge in [-0.15, -0.1) is 0 Å². The zero-order valence-electron chi connectivity index (χ0n) is 10.3. The summed E-state index contributed by atoms with van der Waals surface area (Å²) in [5.74, 6) is -1.16. The van der Waals surface area contributed by atoms with E-state index in [1.54, 1.807) is 6.07 Å². The third kappa shape index (κ3) is 2.54. The molecule has 1 heterocycles. The zero-order chi connectivity index (χ0) is 14.7. The van der Waals surface area contributed by atoms with E-state index in [1.807, 2.05) is 6.07 Å². The highest BCUT2D eigenvalue weighted by Crippen LogP contribution is 2.30. The van der Waals surface area contributed by atoms with Crippen molar-refractivity contribution in [1.82, 2.24) is 4.98 Å². The van der Waals surface area contributed by atoms with Crippen molar-refractivity contribution in [3.05, 3.63) is 57.5 Å². The van der Waals surface area contributed by atoms with Crippen molar-refractivity contribution in [1.29, 1.82) is 5.26 Å². The van der Waals surface area contributed by atoms with E-state index in [4.69, 9.17) is 10.00 Å². The summed E-state index contributed by atoms with van der Waals surface area (Å²) < 4.78 is 19.0. The molecule has 1 aromatic carbocycles. The van der Waals surface area contributed by atoms with Gasteiger partial charge in [0.25, 0.3) is 5.69 Å². The van der Waals surface area contributed by atoms with Crippen LogP contribution in [-0.2, 0) is 0 Å². The standard InChI is InChI=1S/C13H8FN3O3/c1-8-5-12(10(14)6-11(8)17(18)19)20-13-9(7-15)3-2-4-16-13/h2-6H,1H3. The number of nitro groups is 1. The summed E-state index contributed by atoms with van der Waals surface area (Å²) in [6.45, 7) is 1.47. The average molecular weight is 273 g/mol. The van der Waals surface area contributed by atoms with E-state index in [1.165, 1.54) is 25.3 Å². The molecule has 0 atom stereocenters. The molecule has 20 heavy (non-hydrogen) atoms. The first kappa shape index (κ1) is 13.4. The molecular formula is C13H8FN3O3. The first-order chi connectivity index (χ1) is 9.52. The van der Waals surface area contributed by atoms with E-state index < -0.39 is 10.7 Å². The molecule has 0 N–H and O–H groups in total. The summed E-state index contributed by atoms with van der Waals surface area (Å²) in [4.78, 5) is 13.8. The highest BCUT2D eigenvalue weighted by Gasteiger charge is 2.17. The molecule has 2 rings (SSSR count). The van der Waals surface area contributed by atoms with E-state index in [0.717, 1.165) is 6.07 Å².